The number of amides is 2. The van der Waals surface area contributed by atoms with Crippen molar-refractivity contribution < 1.29 is 22.7 Å². The van der Waals surface area contributed by atoms with Gasteiger partial charge in [-0.05, 0) is 39.8 Å². The first-order valence-corrected chi connectivity index (χ1v) is 12.6. The topological polar surface area (TPSA) is 156 Å². The van der Waals surface area contributed by atoms with Crippen LogP contribution in [0.15, 0.2) is 34.3 Å². The van der Waals surface area contributed by atoms with Crippen LogP contribution in [0.5, 0.6) is 0 Å². The van der Waals surface area contributed by atoms with E-state index in [1.807, 2.05) is 30.4 Å². The molecule has 180 valence electrons. The van der Waals surface area contributed by atoms with Crippen molar-refractivity contribution in [3.8, 4) is 0 Å². The average molecular weight is 498 g/mol. The summed E-state index contributed by atoms with van der Waals surface area (Å²) >= 11 is 0.729. The Kier molecular flexibility index (Phi) is 9.66. The van der Waals surface area contributed by atoms with E-state index in [0.717, 1.165) is 11.9 Å². The maximum atomic E-state index is 12.7. The van der Waals surface area contributed by atoms with Crippen molar-refractivity contribution in [2.45, 2.75) is 37.7 Å². The minimum absolute atomic E-state index is 0.0774. The van der Waals surface area contributed by atoms with E-state index in [1.165, 1.54) is 24.3 Å². The lowest BCUT2D eigenvalue weighted by Crippen LogP contribution is -2.37. The van der Waals surface area contributed by atoms with Crippen LogP contribution in [0.3, 0.4) is 0 Å². The lowest BCUT2D eigenvalue weighted by atomic mass is 10.2. The summed E-state index contributed by atoms with van der Waals surface area (Å²) < 4.78 is 34.5. The molecule has 12 nitrogen and oxygen atoms in total. The van der Waals surface area contributed by atoms with Gasteiger partial charge in [0.05, 0.1) is 12.2 Å². The highest BCUT2D eigenvalue weighted by atomic mass is 32.2. The zero-order valence-electron chi connectivity index (χ0n) is 18.8. The van der Waals surface area contributed by atoms with Gasteiger partial charge in [-0.1, -0.05) is 12.1 Å². The van der Waals surface area contributed by atoms with Gasteiger partial charge in [0, 0.05) is 31.6 Å². The van der Waals surface area contributed by atoms with Crippen LogP contribution in [0.25, 0.3) is 0 Å². The number of hydrogen-bond acceptors (Lipinski definition) is 11. The predicted octanol–water partition coefficient (Wildman–Crippen LogP) is 2.02. The summed E-state index contributed by atoms with van der Waals surface area (Å²) in [4.78, 5) is 38.8. The number of nitrogens with zero attached hydrogens (tertiary/aromatic N) is 4. The number of carbonyl (C=O) groups is 2. The van der Waals surface area contributed by atoms with Crippen molar-refractivity contribution in [2.75, 3.05) is 36.5 Å². The molecule has 3 N–H and O–H groups in total. The first kappa shape index (κ1) is 26.1. The number of urea groups is 1. The standard InChI is InChI=1S/C19H27N7O5S2/c1-5-20-16-21-17(26(6-2)7-3)23-19(22-16)32-24-18(28)25-33(29,30)14-12-10-9-11-13(14)15(27)31-8-4/h9-12H,5-8H2,1-4H3,(H2,24,25,28)(H,20,21,22,23). The second-order valence-corrected chi connectivity index (χ2v) is 8.72. The molecular weight excluding hydrogens is 470 g/mol. The number of aromatic nitrogens is 3. The van der Waals surface area contributed by atoms with E-state index >= 15 is 0 Å². The van der Waals surface area contributed by atoms with E-state index in [9.17, 15) is 18.0 Å². The van der Waals surface area contributed by atoms with Crippen molar-refractivity contribution in [3.05, 3.63) is 29.8 Å². The van der Waals surface area contributed by atoms with Crippen LogP contribution in [0.2, 0.25) is 0 Å². The first-order valence-electron chi connectivity index (χ1n) is 10.3. The summed E-state index contributed by atoms with van der Waals surface area (Å²) in [6.45, 7) is 9.40. The largest absolute Gasteiger partial charge is 0.462 e. The van der Waals surface area contributed by atoms with E-state index in [-0.39, 0.29) is 22.2 Å². The van der Waals surface area contributed by atoms with E-state index in [2.05, 4.69) is 25.0 Å². The summed E-state index contributed by atoms with van der Waals surface area (Å²) in [6, 6.07) is 4.41. The second kappa shape index (κ2) is 12.2. The normalized spacial score (nSPS) is 10.9. The molecule has 2 aromatic rings. The number of benzene rings is 1. The van der Waals surface area contributed by atoms with E-state index in [0.29, 0.717) is 31.5 Å². The monoisotopic (exact) mass is 497 g/mol. The van der Waals surface area contributed by atoms with Gasteiger partial charge >= 0.3 is 12.0 Å². The van der Waals surface area contributed by atoms with Crippen LogP contribution in [0.1, 0.15) is 38.1 Å². The number of carbonyl (C=O) groups excluding carboxylic acids is 2. The van der Waals surface area contributed by atoms with E-state index < -0.39 is 22.0 Å². The van der Waals surface area contributed by atoms with Gasteiger partial charge in [0.15, 0.2) is 0 Å². The molecule has 1 aromatic carbocycles. The van der Waals surface area contributed by atoms with Gasteiger partial charge in [0.1, 0.15) is 4.90 Å². The molecule has 0 saturated heterocycles. The van der Waals surface area contributed by atoms with Gasteiger partial charge in [0.2, 0.25) is 17.1 Å². The number of anilines is 2. The Bertz CT molecular complexity index is 1080. The maximum absolute atomic E-state index is 12.7. The SMILES string of the molecule is CCNc1nc(SNC(=O)NS(=O)(=O)c2ccccc2C(=O)OCC)nc(N(CC)CC)n1. The lowest BCUT2D eigenvalue weighted by Gasteiger charge is -2.19. The number of sulfonamides is 1. The van der Waals surface area contributed by atoms with Crippen molar-refractivity contribution in [1.29, 1.82) is 0 Å². The van der Waals surface area contributed by atoms with E-state index in [4.69, 9.17) is 4.74 Å². The number of esters is 1. The molecule has 2 rings (SSSR count). The Hall–Kier alpha value is -3.13. The minimum atomic E-state index is -4.35. The Morgan fingerprint density at radius 3 is 2.39 bits per heavy atom. The Morgan fingerprint density at radius 2 is 1.76 bits per heavy atom. The third kappa shape index (κ3) is 7.18. The van der Waals surface area contributed by atoms with Gasteiger partial charge in [0.25, 0.3) is 10.0 Å². The molecule has 0 unspecified atom stereocenters. The third-order valence-electron chi connectivity index (χ3n) is 4.12. The van der Waals surface area contributed by atoms with Gasteiger partial charge in [-0.2, -0.15) is 15.0 Å². The number of hydrogen-bond donors (Lipinski definition) is 3. The average Bonchev–Trinajstić information content (AvgIpc) is 2.78. The molecule has 1 aromatic heterocycles. The molecule has 0 spiro atoms. The van der Waals surface area contributed by atoms with Crippen LogP contribution in [-0.2, 0) is 14.8 Å². The quantitative estimate of drug-likeness (QED) is 0.308. The lowest BCUT2D eigenvalue weighted by molar-refractivity contribution is 0.0521. The number of ether oxygens (including phenoxy) is 1. The Labute approximate surface area is 197 Å². The fourth-order valence-corrected chi connectivity index (χ4v) is 4.31. The zero-order chi connectivity index (χ0) is 24.4. The molecule has 0 aliphatic heterocycles. The summed E-state index contributed by atoms with van der Waals surface area (Å²) in [7, 11) is -4.35. The molecule has 2 amide bonds. The van der Waals surface area contributed by atoms with Crippen molar-refractivity contribution in [2.24, 2.45) is 0 Å². The molecule has 0 saturated carbocycles. The minimum Gasteiger partial charge on any atom is -0.462 e. The molecule has 33 heavy (non-hydrogen) atoms. The fraction of sp³-hybridized carbons (Fsp3) is 0.421. The molecule has 0 bridgehead atoms. The van der Waals surface area contributed by atoms with Crippen molar-refractivity contribution in [3.63, 3.8) is 0 Å². The Balaban J connectivity index is 2.16. The molecule has 0 aliphatic rings. The molecule has 0 fully saturated rings. The van der Waals surface area contributed by atoms with Crippen LogP contribution >= 0.6 is 11.9 Å². The van der Waals surface area contributed by atoms with Gasteiger partial charge in [-0.15, -0.1) is 0 Å². The van der Waals surface area contributed by atoms with Gasteiger partial charge < -0.3 is 15.0 Å². The Morgan fingerprint density at radius 1 is 1.06 bits per heavy atom. The third-order valence-corrected chi connectivity index (χ3v) is 6.16. The van der Waals surface area contributed by atoms with Crippen molar-refractivity contribution in [1.82, 2.24) is 24.4 Å². The molecule has 0 aliphatic carbocycles. The summed E-state index contributed by atoms with van der Waals surface area (Å²) in [6.07, 6.45) is 0. The second-order valence-electron chi connectivity index (χ2n) is 6.30. The van der Waals surface area contributed by atoms with E-state index in [1.54, 1.807) is 6.92 Å². The highest BCUT2D eigenvalue weighted by Crippen LogP contribution is 2.18. The van der Waals surface area contributed by atoms with Gasteiger partial charge in [-0.3, -0.25) is 4.72 Å². The molecular formula is C19H27N7O5S2. The molecule has 0 radical (unpaired) electrons. The summed E-state index contributed by atoms with van der Waals surface area (Å²) in [5.74, 6) is -0.0555. The predicted molar refractivity (Wildman–Crippen MR) is 125 cm³/mol. The molecule has 1 heterocycles. The van der Waals surface area contributed by atoms with Crippen molar-refractivity contribution >= 4 is 45.9 Å². The number of nitrogens with one attached hydrogen (secondary N) is 3. The fourth-order valence-electron chi connectivity index (χ4n) is 2.64. The summed E-state index contributed by atoms with van der Waals surface area (Å²) in [5, 5.41) is 3.16. The maximum Gasteiger partial charge on any atom is 0.339 e. The zero-order valence-corrected chi connectivity index (χ0v) is 20.4. The first-order chi connectivity index (χ1) is 15.7. The van der Waals surface area contributed by atoms with Crippen LogP contribution < -0.4 is 19.7 Å². The molecule has 0 atom stereocenters. The highest BCUT2D eigenvalue weighted by molar-refractivity contribution is 7.98. The number of rotatable bonds is 11. The van der Waals surface area contributed by atoms with Crippen LogP contribution in [0.4, 0.5) is 16.7 Å². The highest BCUT2D eigenvalue weighted by Gasteiger charge is 2.25. The summed E-state index contributed by atoms with van der Waals surface area (Å²) in [5.41, 5.74) is -0.177. The van der Waals surface area contributed by atoms with Crippen LogP contribution in [0, 0.1) is 0 Å². The smallest absolute Gasteiger partial charge is 0.339 e. The molecule has 14 heteroatoms. The van der Waals surface area contributed by atoms with Gasteiger partial charge in [-0.25, -0.2) is 22.7 Å². The van der Waals surface area contributed by atoms with Crippen LogP contribution in [-0.4, -0.2) is 61.6 Å².